The fourth-order valence-electron chi connectivity index (χ4n) is 4.42. The van der Waals surface area contributed by atoms with Gasteiger partial charge in [0, 0.05) is 37.7 Å². The molecule has 4 aromatic rings. The SMILES string of the molecule is Cn1c(Nc2cccc(C(C)(C)C)c2)nc2cc(Oc3ccnc(CC(=O)C4CCCO4)c3)ccc21. The molecule has 1 fully saturated rings. The van der Waals surface area contributed by atoms with Gasteiger partial charge in [0.25, 0.3) is 0 Å². The molecule has 1 N–H and O–H groups in total. The second kappa shape index (κ2) is 9.74. The van der Waals surface area contributed by atoms with Gasteiger partial charge < -0.3 is 19.4 Å². The van der Waals surface area contributed by atoms with Crippen molar-refractivity contribution in [1.29, 1.82) is 0 Å². The zero-order chi connectivity index (χ0) is 25.3. The van der Waals surface area contributed by atoms with Gasteiger partial charge in [-0.3, -0.25) is 9.78 Å². The average Bonchev–Trinajstić information content (AvgIpc) is 3.48. The summed E-state index contributed by atoms with van der Waals surface area (Å²) in [5.41, 5.74) is 4.83. The number of benzene rings is 2. The molecule has 1 unspecified atom stereocenters. The van der Waals surface area contributed by atoms with Gasteiger partial charge in [-0.05, 0) is 54.2 Å². The number of imidazole rings is 1. The lowest BCUT2D eigenvalue weighted by molar-refractivity contribution is -0.127. The molecule has 7 nitrogen and oxygen atoms in total. The highest BCUT2D eigenvalue weighted by Gasteiger charge is 2.24. The number of ether oxygens (including phenoxy) is 2. The predicted molar refractivity (Wildman–Crippen MR) is 141 cm³/mol. The molecule has 5 rings (SSSR count). The molecular formula is C29H32N4O3. The van der Waals surface area contributed by atoms with Gasteiger partial charge in [0.05, 0.1) is 23.1 Å². The molecule has 3 heterocycles. The minimum Gasteiger partial charge on any atom is -0.457 e. The number of rotatable bonds is 7. The van der Waals surface area contributed by atoms with E-state index in [9.17, 15) is 4.79 Å². The van der Waals surface area contributed by atoms with E-state index in [1.54, 1.807) is 12.3 Å². The van der Waals surface area contributed by atoms with Gasteiger partial charge in [0.1, 0.15) is 17.6 Å². The normalized spacial score (nSPS) is 15.8. The van der Waals surface area contributed by atoms with E-state index in [4.69, 9.17) is 14.5 Å². The van der Waals surface area contributed by atoms with Gasteiger partial charge in [-0.1, -0.05) is 32.9 Å². The summed E-state index contributed by atoms with van der Waals surface area (Å²) >= 11 is 0. The van der Waals surface area contributed by atoms with Gasteiger partial charge >= 0.3 is 0 Å². The number of hydrogen-bond donors (Lipinski definition) is 1. The highest BCUT2D eigenvalue weighted by atomic mass is 16.5. The number of carbonyl (C=O) groups is 1. The molecule has 1 aliphatic heterocycles. The number of nitrogens with one attached hydrogen (secondary N) is 1. The maximum atomic E-state index is 12.4. The highest BCUT2D eigenvalue weighted by molar-refractivity contribution is 5.85. The van der Waals surface area contributed by atoms with Crippen LogP contribution in [-0.2, 0) is 28.4 Å². The Hall–Kier alpha value is -3.71. The third kappa shape index (κ3) is 5.26. The molecule has 1 aliphatic rings. The van der Waals surface area contributed by atoms with Crippen LogP contribution in [0, 0.1) is 0 Å². The number of fused-ring (bicyclic) bond motifs is 1. The predicted octanol–water partition coefficient (Wildman–Crippen LogP) is 6.09. The number of pyridine rings is 1. The van der Waals surface area contributed by atoms with Crippen molar-refractivity contribution >= 4 is 28.5 Å². The maximum absolute atomic E-state index is 12.4. The van der Waals surface area contributed by atoms with Crippen LogP contribution in [0.5, 0.6) is 11.5 Å². The zero-order valence-electron chi connectivity index (χ0n) is 21.2. The Kier molecular flexibility index (Phi) is 6.49. The molecule has 0 aliphatic carbocycles. The van der Waals surface area contributed by atoms with Crippen LogP contribution in [0.2, 0.25) is 0 Å². The number of hydrogen-bond acceptors (Lipinski definition) is 6. The molecule has 0 amide bonds. The number of anilines is 2. The quantitative estimate of drug-likeness (QED) is 0.342. The summed E-state index contributed by atoms with van der Waals surface area (Å²) in [5, 5.41) is 3.45. The van der Waals surface area contributed by atoms with Crippen molar-refractivity contribution < 1.29 is 14.3 Å². The number of ketones is 1. The molecule has 0 spiro atoms. The number of nitrogens with zero attached hydrogens (tertiary/aromatic N) is 3. The lowest BCUT2D eigenvalue weighted by Crippen LogP contribution is -2.21. The first-order valence-electron chi connectivity index (χ1n) is 12.4. The fourth-order valence-corrected chi connectivity index (χ4v) is 4.42. The van der Waals surface area contributed by atoms with Crippen molar-refractivity contribution in [3.8, 4) is 11.5 Å². The van der Waals surface area contributed by atoms with Gasteiger partial charge in [0.15, 0.2) is 5.78 Å². The van der Waals surface area contributed by atoms with Crippen LogP contribution >= 0.6 is 0 Å². The van der Waals surface area contributed by atoms with Crippen LogP contribution in [0.1, 0.15) is 44.9 Å². The Labute approximate surface area is 211 Å². The molecule has 2 aromatic carbocycles. The van der Waals surface area contributed by atoms with E-state index in [2.05, 4.69) is 49.3 Å². The van der Waals surface area contributed by atoms with Crippen molar-refractivity contribution in [3.63, 3.8) is 0 Å². The number of aromatic nitrogens is 3. The highest BCUT2D eigenvalue weighted by Crippen LogP contribution is 2.30. The molecule has 0 bridgehead atoms. The topological polar surface area (TPSA) is 78.3 Å². The van der Waals surface area contributed by atoms with E-state index in [-0.39, 0.29) is 23.7 Å². The summed E-state index contributed by atoms with van der Waals surface area (Å²) in [6, 6.07) is 17.9. The molecule has 186 valence electrons. The van der Waals surface area contributed by atoms with Gasteiger partial charge in [-0.25, -0.2) is 4.98 Å². The van der Waals surface area contributed by atoms with Crippen molar-refractivity contribution in [2.24, 2.45) is 7.05 Å². The Morgan fingerprint density at radius 1 is 1.14 bits per heavy atom. The van der Waals surface area contributed by atoms with E-state index >= 15 is 0 Å². The van der Waals surface area contributed by atoms with Crippen molar-refractivity contribution in [1.82, 2.24) is 14.5 Å². The Morgan fingerprint density at radius 3 is 2.75 bits per heavy atom. The summed E-state index contributed by atoms with van der Waals surface area (Å²) in [7, 11) is 1.99. The molecule has 2 aromatic heterocycles. The van der Waals surface area contributed by atoms with Crippen molar-refractivity contribution in [2.45, 2.75) is 51.6 Å². The van der Waals surface area contributed by atoms with Crippen LogP contribution < -0.4 is 10.1 Å². The minimum atomic E-state index is -0.304. The number of aryl methyl sites for hydroxylation is 1. The summed E-state index contributed by atoms with van der Waals surface area (Å²) in [6.07, 6.45) is 3.33. The van der Waals surface area contributed by atoms with E-state index in [0.29, 0.717) is 23.8 Å². The largest absolute Gasteiger partial charge is 0.457 e. The summed E-state index contributed by atoms with van der Waals surface area (Å²) in [6.45, 7) is 7.27. The molecule has 0 saturated carbocycles. The zero-order valence-corrected chi connectivity index (χ0v) is 21.2. The standard InChI is InChI=1S/C29H32N4O3/c1-29(2,3)19-7-5-8-20(15-19)31-28-32-24-18-22(10-11-25(24)33(28)4)36-23-12-13-30-21(16-23)17-26(34)27-9-6-14-35-27/h5,7-8,10-13,15-16,18,27H,6,9,14,17H2,1-4H3,(H,31,32). The number of carbonyl (C=O) groups excluding carboxylic acids is 1. The first-order valence-corrected chi connectivity index (χ1v) is 12.4. The molecule has 36 heavy (non-hydrogen) atoms. The van der Waals surface area contributed by atoms with Crippen LogP contribution in [0.4, 0.5) is 11.6 Å². The molecule has 7 heteroatoms. The first kappa shape index (κ1) is 24.0. The lowest BCUT2D eigenvalue weighted by atomic mass is 9.87. The van der Waals surface area contributed by atoms with E-state index in [1.165, 1.54) is 5.56 Å². The molecule has 1 saturated heterocycles. The van der Waals surface area contributed by atoms with Crippen LogP contribution in [0.15, 0.2) is 60.8 Å². The third-order valence-electron chi connectivity index (χ3n) is 6.50. The number of Topliss-reactive ketones (excluding diaryl/α,β-unsaturated/α-hetero) is 1. The molecule has 1 atom stereocenters. The second-order valence-electron chi connectivity index (χ2n) is 10.3. The van der Waals surface area contributed by atoms with Gasteiger partial charge in [-0.15, -0.1) is 0 Å². The fraction of sp³-hybridized carbons (Fsp3) is 0.345. The van der Waals surface area contributed by atoms with E-state index < -0.39 is 0 Å². The molecular weight excluding hydrogens is 452 g/mol. The van der Waals surface area contributed by atoms with Crippen LogP contribution in [0.3, 0.4) is 0 Å². The van der Waals surface area contributed by atoms with E-state index in [0.717, 1.165) is 35.5 Å². The Morgan fingerprint density at radius 2 is 1.97 bits per heavy atom. The van der Waals surface area contributed by atoms with Crippen LogP contribution in [-0.4, -0.2) is 33.0 Å². The second-order valence-corrected chi connectivity index (χ2v) is 10.3. The van der Waals surface area contributed by atoms with E-state index in [1.807, 2.05) is 41.9 Å². The summed E-state index contributed by atoms with van der Waals surface area (Å²) < 4.78 is 13.6. The van der Waals surface area contributed by atoms with Crippen LogP contribution in [0.25, 0.3) is 11.0 Å². The maximum Gasteiger partial charge on any atom is 0.208 e. The smallest absolute Gasteiger partial charge is 0.208 e. The third-order valence-corrected chi connectivity index (χ3v) is 6.50. The minimum absolute atomic E-state index is 0.0696. The first-order chi connectivity index (χ1) is 17.3. The summed E-state index contributed by atoms with van der Waals surface area (Å²) in [5.74, 6) is 2.13. The Bertz CT molecular complexity index is 1400. The van der Waals surface area contributed by atoms with Crippen molar-refractivity contribution in [2.75, 3.05) is 11.9 Å². The molecule has 0 radical (unpaired) electrons. The monoisotopic (exact) mass is 484 g/mol. The van der Waals surface area contributed by atoms with Gasteiger partial charge in [0.2, 0.25) is 5.95 Å². The lowest BCUT2D eigenvalue weighted by Gasteiger charge is -2.20. The Balaban J connectivity index is 1.32. The average molecular weight is 485 g/mol. The van der Waals surface area contributed by atoms with Gasteiger partial charge in [-0.2, -0.15) is 0 Å². The summed E-state index contributed by atoms with van der Waals surface area (Å²) in [4.78, 5) is 21.6. The van der Waals surface area contributed by atoms with Crippen molar-refractivity contribution in [3.05, 3.63) is 72.1 Å².